The van der Waals surface area contributed by atoms with E-state index in [0.29, 0.717) is 22.7 Å². The van der Waals surface area contributed by atoms with Crippen LogP contribution in [-0.2, 0) is 11.2 Å². The largest absolute Gasteiger partial charge is 0.457 e. The molecule has 0 unspecified atom stereocenters. The van der Waals surface area contributed by atoms with Gasteiger partial charge in [-0.05, 0) is 55.5 Å². The highest BCUT2D eigenvalue weighted by molar-refractivity contribution is 5.94. The Bertz CT molecular complexity index is 1070. The number of aromatic nitrogens is 1. The van der Waals surface area contributed by atoms with Gasteiger partial charge in [0.2, 0.25) is 5.91 Å². The number of carbonyl (C=O) groups excluding carboxylic acids is 1. The van der Waals surface area contributed by atoms with Crippen LogP contribution in [-0.4, -0.2) is 11.1 Å². The summed E-state index contributed by atoms with van der Waals surface area (Å²) in [5, 5.41) is 7.77. The number of hydrogen-bond donors (Lipinski definition) is 1. The normalized spacial score (nSPS) is 10.7. The van der Waals surface area contributed by atoms with Gasteiger partial charge in [-0.2, -0.15) is 0 Å². The Balaban J connectivity index is 1.41. The van der Waals surface area contributed by atoms with Crippen LogP contribution >= 0.6 is 0 Å². The topological polar surface area (TPSA) is 64.4 Å². The van der Waals surface area contributed by atoms with Crippen molar-refractivity contribution in [2.24, 2.45) is 0 Å². The lowest BCUT2D eigenvalue weighted by atomic mass is 10.1. The minimum absolute atomic E-state index is 0.150. The van der Waals surface area contributed by atoms with Gasteiger partial charge in [0.15, 0.2) is 5.58 Å². The van der Waals surface area contributed by atoms with Crippen LogP contribution in [0.5, 0.6) is 11.5 Å². The van der Waals surface area contributed by atoms with Crippen LogP contribution in [0.2, 0.25) is 0 Å². The van der Waals surface area contributed by atoms with Crippen LogP contribution in [0.3, 0.4) is 0 Å². The van der Waals surface area contributed by atoms with Crippen molar-refractivity contribution in [3.05, 3.63) is 84.1 Å². The van der Waals surface area contributed by atoms with E-state index in [1.807, 2.05) is 67.6 Å². The second-order valence-electron chi connectivity index (χ2n) is 6.29. The third-order valence-corrected chi connectivity index (χ3v) is 4.15. The van der Waals surface area contributed by atoms with Gasteiger partial charge in [-0.15, -0.1) is 0 Å². The third kappa shape index (κ3) is 3.98. The van der Waals surface area contributed by atoms with Crippen LogP contribution in [0.25, 0.3) is 11.0 Å². The SMILES string of the molecule is Cc1ccc2onc(CC(=O)Nc3ccc(Oc4ccccc4)cc3)c2c1. The highest BCUT2D eigenvalue weighted by Crippen LogP contribution is 2.23. The maximum absolute atomic E-state index is 12.4. The van der Waals surface area contributed by atoms with Crippen LogP contribution in [0, 0.1) is 6.92 Å². The maximum atomic E-state index is 12.4. The lowest BCUT2D eigenvalue weighted by Crippen LogP contribution is -2.14. The van der Waals surface area contributed by atoms with E-state index < -0.39 is 0 Å². The molecule has 0 saturated carbocycles. The number of aryl methyl sites for hydroxylation is 1. The van der Waals surface area contributed by atoms with Crippen molar-refractivity contribution in [3.63, 3.8) is 0 Å². The van der Waals surface area contributed by atoms with Gasteiger partial charge in [-0.1, -0.05) is 35.0 Å². The summed E-state index contributed by atoms with van der Waals surface area (Å²) in [6.07, 6.45) is 0.152. The van der Waals surface area contributed by atoms with Crippen molar-refractivity contribution in [3.8, 4) is 11.5 Å². The predicted octanol–water partition coefficient (Wildman–Crippen LogP) is 5.11. The number of rotatable bonds is 5. The van der Waals surface area contributed by atoms with Crippen LogP contribution in [0.1, 0.15) is 11.3 Å². The van der Waals surface area contributed by atoms with Crippen molar-refractivity contribution >= 4 is 22.6 Å². The first-order chi connectivity index (χ1) is 13.2. The summed E-state index contributed by atoms with van der Waals surface area (Å²) >= 11 is 0. The Hall–Kier alpha value is -3.60. The zero-order valence-electron chi connectivity index (χ0n) is 14.8. The molecule has 134 valence electrons. The molecule has 1 amide bonds. The highest BCUT2D eigenvalue weighted by atomic mass is 16.5. The molecule has 4 rings (SSSR count). The average Bonchev–Trinajstić information content (AvgIpc) is 3.06. The Kier molecular flexibility index (Phi) is 4.58. The molecule has 0 radical (unpaired) electrons. The molecule has 0 spiro atoms. The maximum Gasteiger partial charge on any atom is 0.230 e. The molecule has 1 heterocycles. The Morgan fingerprint density at radius 3 is 2.52 bits per heavy atom. The Morgan fingerprint density at radius 2 is 1.74 bits per heavy atom. The van der Waals surface area contributed by atoms with Crippen molar-refractivity contribution in [2.75, 3.05) is 5.32 Å². The minimum Gasteiger partial charge on any atom is -0.457 e. The molecular formula is C22H18N2O3. The molecule has 0 atom stereocenters. The fourth-order valence-electron chi connectivity index (χ4n) is 2.82. The van der Waals surface area contributed by atoms with E-state index in [9.17, 15) is 4.79 Å². The molecule has 1 aromatic heterocycles. The fraction of sp³-hybridized carbons (Fsp3) is 0.0909. The highest BCUT2D eigenvalue weighted by Gasteiger charge is 2.13. The molecule has 0 bridgehead atoms. The molecule has 27 heavy (non-hydrogen) atoms. The van der Waals surface area contributed by atoms with E-state index in [0.717, 1.165) is 16.7 Å². The van der Waals surface area contributed by atoms with Gasteiger partial charge in [0.1, 0.15) is 17.2 Å². The minimum atomic E-state index is -0.150. The molecule has 5 heteroatoms. The molecule has 0 fully saturated rings. The number of para-hydroxylation sites is 1. The Morgan fingerprint density at radius 1 is 1.00 bits per heavy atom. The molecule has 0 aliphatic heterocycles. The second kappa shape index (κ2) is 7.33. The predicted molar refractivity (Wildman–Crippen MR) is 104 cm³/mol. The Labute approximate surface area is 156 Å². The van der Waals surface area contributed by atoms with Gasteiger partial charge in [-0.3, -0.25) is 4.79 Å². The van der Waals surface area contributed by atoms with E-state index in [2.05, 4.69) is 10.5 Å². The van der Waals surface area contributed by atoms with E-state index in [1.165, 1.54) is 0 Å². The molecule has 0 saturated heterocycles. The van der Waals surface area contributed by atoms with Crippen molar-refractivity contribution < 1.29 is 14.1 Å². The number of ether oxygens (including phenoxy) is 1. The number of amides is 1. The van der Waals surface area contributed by atoms with E-state index in [-0.39, 0.29) is 12.3 Å². The number of anilines is 1. The standard InChI is InChI=1S/C22H18N2O3/c1-15-7-12-21-19(13-15)20(24-27-21)14-22(25)23-16-8-10-18(11-9-16)26-17-5-3-2-4-6-17/h2-13H,14H2,1H3,(H,23,25). The van der Waals surface area contributed by atoms with Gasteiger partial charge < -0.3 is 14.6 Å². The molecule has 3 aromatic carbocycles. The van der Waals surface area contributed by atoms with Crippen molar-refractivity contribution in [2.45, 2.75) is 13.3 Å². The first-order valence-electron chi connectivity index (χ1n) is 8.65. The fourth-order valence-corrected chi connectivity index (χ4v) is 2.82. The third-order valence-electron chi connectivity index (χ3n) is 4.15. The molecule has 0 aliphatic rings. The first kappa shape index (κ1) is 16.8. The number of benzene rings is 3. The zero-order chi connectivity index (χ0) is 18.6. The average molecular weight is 358 g/mol. The first-order valence-corrected chi connectivity index (χ1v) is 8.65. The van der Waals surface area contributed by atoms with Gasteiger partial charge in [0, 0.05) is 11.1 Å². The number of nitrogens with zero attached hydrogens (tertiary/aromatic N) is 1. The van der Waals surface area contributed by atoms with Gasteiger partial charge in [0.25, 0.3) is 0 Å². The summed E-state index contributed by atoms with van der Waals surface area (Å²) in [6.45, 7) is 2.00. The summed E-state index contributed by atoms with van der Waals surface area (Å²) < 4.78 is 11.0. The summed E-state index contributed by atoms with van der Waals surface area (Å²) in [5.74, 6) is 1.32. The van der Waals surface area contributed by atoms with Crippen LogP contribution < -0.4 is 10.1 Å². The number of carbonyl (C=O) groups is 1. The summed E-state index contributed by atoms with van der Waals surface area (Å²) in [5.41, 5.74) is 3.12. The number of fused-ring (bicyclic) bond motifs is 1. The van der Waals surface area contributed by atoms with Crippen molar-refractivity contribution in [1.82, 2.24) is 5.16 Å². The van der Waals surface area contributed by atoms with Gasteiger partial charge in [-0.25, -0.2) is 0 Å². The smallest absolute Gasteiger partial charge is 0.230 e. The van der Waals surface area contributed by atoms with Crippen molar-refractivity contribution in [1.29, 1.82) is 0 Å². The quantitative estimate of drug-likeness (QED) is 0.538. The molecule has 0 aliphatic carbocycles. The zero-order valence-corrected chi connectivity index (χ0v) is 14.8. The summed E-state index contributed by atoms with van der Waals surface area (Å²) in [7, 11) is 0. The van der Waals surface area contributed by atoms with Crippen LogP contribution in [0.15, 0.2) is 77.3 Å². The molecule has 5 nitrogen and oxygen atoms in total. The summed E-state index contributed by atoms with van der Waals surface area (Å²) in [6, 6.07) is 22.6. The second-order valence-corrected chi connectivity index (χ2v) is 6.29. The van der Waals surface area contributed by atoms with Gasteiger partial charge >= 0.3 is 0 Å². The summed E-state index contributed by atoms with van der Waals surface area (Å²) in [4.78, 5) is 12.4. The monoisotopic (exact) mass is 358 g/mol. The lowest BCUT2D eigenvalue weighted by Gasteiger charge is -2.07. The van der Waals surface area contributed by atoms with Gasteiger partial charge in [0.05, 0.1) is 6.42 Å². The van der Waals surface area contributed by atoms with Crippen LogP contribution in [0.4, 0.5) is 5.69 Å². The van der Waals surface area contributed by atoms with E-state index in [1.54, 1.807) is 12.1 Å². The van der Waals surface area contributed by atoms with E-state index in [4.69, 9.17) is 9.26 Å². The van der Waals surface area contributed by atoms with E-state index >= 15 is 0 Å². The number of hydrogen-bond acceptors (Lipinski definition) is 4. The lowest BCUT2D eigenvalue weighted by molar-refractivity contribution is -0.115. The molecular weight excluding hydrogens is 340 g/mol. The molecule has 4 aromatic rings. The number of nitrogens with one attached hydrogen (secondary N) is 1. The molecule has 1 N–H and O–H groups in total.